The van der Waals surface area contributed by atoms with Crippen molar-refractivity contribution in [2.75, 3.05) is 7.11 Å². The fourth-order valence-electron chi connectivity index (χ4n) is 2.10. The number of rotatable bonds is 4. The Morgan fingerprint density at radius 3 is 2.55 bits per heavy atom. The van der Waals surface area contributed by atoms with Crippen LogP contribution in [-0.2, 0) is 19.6 Å². The van der Waals surface area contributed by atoms with Gasteiger partial charge in [-0.2, -0.15) is 0 Å². The fourth-order valence-corrected chi connectivity index (χ4v) is 3.59. The summed E-state index contributed by atoms with van der Waals surface area (Å²) in [5.41, 5.74) is 0.534. The number of sulfonamides is 1. The molecule has 1 aromatic heterocycles. The Labute approximate surface area is 129 Å². The first-order valence-electron chi connectivity index (χ1n) is 6.91. The van der Waals surface area contributed by atoms with Crippen molar-refractivity contribution in [1.82, 2.24) is 9.71 Å². The topological polar surface area (TPSA) is 85.4 Å². The third kappa shape index (κ3) is 3.80. The fraction of sp³-hybridized carbons (Fsp3) is 0.333. The summed E-state index contributed by atoms with van der Waals surface area (Å²) in [7, 11) is -2.15. The monoisotopic (exact) mass is 322 g/mol. The highest BCUT2D eigenvalue weighted by Crippen LogP contribution is 2.24. The second kappa shape index (κ2) is 7.33. The maximum absolute atomic E-state index is 12.3. The molecule has 1 aromatic carbocycles. The number of hydrogen-bond acceptors (Lipinski definition) is 5. The van der Waals surface area contributed by atoms with Gasteiger partial charge >= 0.3 is 0 Å². The molecule has 0 aliphatic heterocycles. The van der Waals surface area contributed by atoms with Crippen LogP contribution in [0.4, 0.5) is 0 Å². The zero-order valence-electron chi connectivity index (χ0n) is 12.2. The number of pyridine rings is 1. The first-order valence-corrected chi connectivity index (χ1v) is 8.39. The maximum atomic E-state index is 12.3. The summed E-state index contributed by atoms with van der Waals surface area (Å²) in [5.74, 6) is 0. The number of carbonyl (C=O) groups is 1. The Morgan fingerprint density at radius 1 is 1.27 bits per heavy atom. The molecular formula is C15H18N2O4S. The van der Waals surface area contributed by atoms with E-state index in [4.69, 9.17) is 4.79 Å². The molecule has 7 heteroatoms. The lowest BCUT2D eigenvalue weighted by molar-refractivity contribution is -0.126. The number of benzene rings is 1. The molecular weight excluding hydrogens is 304 g/mol. The van der Waals surface area contributed by atoms with E-state index in [0.717, 1.165) is 24.6 Å². The molecule has 0 saturated heterocycles. The quantitative estimate of drug-likeness (QED) is 0.868. The van der Waals surface area contributed by atoms with Crippen molar-refractivity contribution in [1.29, 1.82) is 0 Å². The number of carbonyl (C=O) groups excluding carboxylic acids is 1. The van der Waals surface area contributed by atoms with E-state index in [1.165, 1.54) is 7.11 Å². The van der Waals surface area contributed by atoms with Gasteiger partial charge in [-0.25, -0.2) is 13.1 Å². The molecule has 1 fully saturated rings. The van der Waals surface area contributed by atoms with E-state index in [9.17, 15) is 8.42 Å². The van der Waals surface area contributed by atoms with Crippen LogP contribution in [0, 0.1) is 0 Å². The van der Waals surface area contributed by atoms with Crippen molar-refractivity contribution >= 4 is 27.4 Å². The molecule has 6 nitrogen and oxygen atoms in total. The van der Waals surface area contributed by atoms with Crippen LogP contribution in [0.1, 0.15) is 19.3 Å². The van der Waals surface area contributed by atoms with Crippen LogP contribution in [0.15, 0.2) is 41.4 Å². The summed E-state index contributed by atoms with van der Waals surface area (Å²) in [6, 6.07) is 8.98. The van der Waals surface area contributed by atoms with E-state index in [1.54, 1.807) is 24.4 Å². The molecule has 22 heavy (non-hydrogen) atoms. The second-order valence-electron chi connectivity index (χ2n) is 4.91. The van der Waals surface area contributed by atoms with E-state index in [-0.39, 0.29) is 10.9 Å². The Balaban J connectivity index is 0.000000396. The van der Waals surface area contributed by atoms with E-state index in [0.29, 0.717) is 12.0 Å². The molecule has 0 spiro atoms. The molecule has 1 aliphatic carbocycles. The second-order valence-corrected chi connectivity index (χ2v) is 6.59. The molecule has 1 N–H and O–H groups in total. The largest absolute Gasteiger partial charge is 0.471 e. The lowest BCUT2D eigenvalue weighted by Gasteiger charge is -2.26. The van der Waals surface area contributed by atoms with Crippen molar-refractivity contribution in [3.05, 3.63) is 36.5 Å². The number of para-hydroxylation sites is 1. The van der Waals surface area contributed by atoms with Crippen LogP contribution in [-0.4, -0.2) is 33.0 Å². The van der Waals surface area contributed by atoms with Gasteiger partial charge in [0.15, 0.2) is 0 Å². The van der Waals surface area contributed by atoms with Crippen molar-refractivity contribution in [3.63, 3.8) is 0 Å². The Hall–Kier alpha value is -1.99. The zero-order chi connectivity index (χ0) is 16.0. The first-order chi connectivity index (χ1) is 10.6. The van der Waals surface area contributed by atoms with Gasteiger partial charge in [0, 0.05) is 17.6 Å². The van der Waals surface area contributed by atoms with Crippen LogP contribution in [0.5, 0.6) is 0 Å². The van der Waals surface area contributed by atoms with Gasteiger partial charge in [-0.05, 0) is 25.0 Å². The Kier molecular flexibility index (Phi) is 5.46. The molecule has 3 rings (SSSR count). The molecule has 0 radical (unpaired) electrons. The number of nitrogens with zero attached hydrogens (tertiary/aromatic N) is 1. The molecule has 0 unspecified atom stereocenters. The van der Waals surface area contributed by atoms with Crippen LogP contribution in [0.2, 0.25) is 0 Å². The molecule has 118 valence electrons. The normalized spacial score (nSPS) is 14.6. The van der Waals surface area contributed by atoms with E-state index < -0.39 is 10.0 Å². The molecule has 0 atom stereocenters. The summed E-state index contributed by atoms with van der Waals surface area (Å²) < 4.78 is 31.2. The SMILES string of the molecule is COC=O.O=S(=O)(NC1CCC1)c1cccc2cccnc12. The average Bonchev–Trinajstić information content (AvgIpc) is 2.51. The first kappa shape index (κ1) is 16.4. The number of methoxy groups -OCH3 is 1. The number of nitrogens with one attached hydrogen (secondary N) is 1. The van der Waals surface area contributed by atoms with E-state index in [2.05, 4.69) is 14.4 Å². The van der Waals surface area contributed by atoms with Gasteiger partial charge in [-0.3, -0.25) is 9.78 Å². The van der Waals surface area contributed by atoms with Crippen molar-refractivity contribution < 1.29 is 17.9 Å². The van der Waals surface area contributed by atoms with Gasteiger partial charge in [0.1, 0.15) is 4.90 Å². The van der Waals surface area contributed by atoms with Gasteiger partial charge in [0.2, 0.25) is 10.0 Å². The molecule has 1 aliphatic rings. The number of hydrogen-bond donors (Lipinski definition) is 1. The summed E-state index contributed by atoms with van der Waals surface area (Å²) in [4.78, 5) is 13.4. The van der Waals surface area contributed by atoms with Gasteiger partial charge < -0.3 is 4.74 Å². The number of ether oxygens (including phenoxy) is 1. The van der Waals surface area contributed by atoms with Gasteiger partial charge in [0.05, 0.1) is 12.6 Å². The number of aromatic nitrogens is 1. The molecule has 0 amide bonds. The maximum Gasteiger partial charge on any atom is 0.292 e. The van der Waals surface area contributed by atoms with Gasteiger partial charge in [0.25, 0.3) is 6.47 Å². The Morgan fingerprint density at radius 2 is 1.95 bits per heavy atom. The van der Waals surface area contributed by atoms with Crippen LogP contribution < -0.4 is 4.72 Å². The molecule has 0 bridgehead atoms. The third-order valence-corrected chi connectivity index (χ3v) is 4.96. The van der Waals surface area contributed by atoms with Crippen molar-refractivity contribution in [2.24, 2.45) is 0 Å². The lowest BCUT2D eigenvalue weighted by atomic mass is 9.94. The number of fused-ring (bicyclic) bond motifs is 1. The highest BCUT2D eigenvalue weighted by molar-refractivity contribution is 7.89. The smallest absolute Gasteiger partial charge is 0.292 e. The van der Waals surface area contributed by atoms with Crippen LogP contribution in [0.3, 0.4) is 0 Å². The predicted octanol–water partition coefficient (Wildman–Crippen LogP) is 1.85. The summed E-state index contributed by atoms with van der Waals surface area (Å²) in [6.07, 6.45) is 4.57. The van der Waals surface area contributed by atoms with Crippen molar-refractivity contribution in [2.45, 2.75) is 30.2 Å². The zero-order valence-corrected chi connectivity index (χ0v) is 13.0. The van der Waals surface area contributed by atoms with E-state index >= 15 is 0 Å². The highest BCUT2D eigenvalue weighted by atomic mass is 32.2. The Bertz CT molecular complexity index is 737. The van der Waals surface area contributed by atoms with Crippen molar-refractivity contribution in [3.8, 4) is 0 Å². The standard InChI is InChI=1S/C13H14N2O2S.C2H4O2/c16-18(17,15-11-6-2-7-11)12-8-1-4-10-5-3-9-14-13(10)12;1-4-2-3/h1,3-5,8-9,11,15H,2,6-7H2;2H,1H3. The van der Waals surface area contributed by atoms with Gasteiger partial charge in [-0.1, -0.05) is 24.6 Å². The van der Waals surface area contributed by atoms with Crippen LogP contribution >= 0.6 is 0 Å². The molecule has 1 saturated carbocycles. The summed E-state index contributed by atoms with van der Waals surface area (Å²) in [6.45, 7) is 0.375. The van der Waals surface area contributed by atoms with E-state index in [1.807, 2.05) is 12.1 Å². The minimum atomic E-state index is -3.46. The lowest BCUT2D eigenvalue weighted by Crippen LogP contribution is -2.39. The minimum absolute atomic E-state index is 0.0916. The predicted molar refractivity (Wildman–Crippen MR) is 82.8 cm³/mol. The van der Waals surface area contributed by atoms with Crippen LogP contribution in [0.25, 0.3) is 10.9 Å². The molecule has 1 heterocycles. The molecule has 2 aromatic rings. The minimum Gasteiger partial charge on any atom is -0.471 e. The summed E-state index contributed by atoms with van der Waals surface area (Å²) >= 11 is 0. The third-order valence-electron chi connectivity index (χ3n) is 3.41. The van der Waals surface area contributed by atoms with Gasteiger partial charge in [-0.15, -0.1) is 0 Å². The summed E-state index contributed by atoms with van der Waals surface area (Å²) in [5, 5.41) is 0.842. The highest BCUT2D eigenvalue weighted by Gasteiger charge is 2.26. The average molecular weight is 322 g/mol.